The summed E-state index contributed by atoms with van der Waals surface area (Å²) in [6, 6.07) is 14.1. The summed E-state index contributed by atoms with van der Waals surface area (Å²) in [7, 11) is 0. The van der Waals surface area contributed by atoms with E-state index in [1.54, 1.807) is 51.1 Å². The van der Waals surface area contributed by atoms with E-state index in [1.807, 2.05) is 25.1 Å². The van der Waals surface area contributed by atoms with Gasteiger partial charge >= 0.3 is 0 Å². The smallest absolute Gasteiger partial charge is 0.193 e. The molecule has 1 aliphatic rings. The van der Waals surface area contributed by atoms with Gasteiger partial charge in [0, 0.05) is 23.1 Å². The van der Waals surface area contributed by atoms with Gasteiger partial charge in [-0.2, -0.15) is 0 Å². The van der Waals surface area contributed by atoms with E-state index in [9.17, 15) is 9.90 Å². The van der Waals surface area contributed by atoms with Gasteiger partial charge in [-0.1, -0.05) is 78.8 Å². The molecule has 4 atom stereocenters. The van der Waals surface area contributed by atoms with Crippen LogP contribution in [0.5, 0.6) is 5.75 Å². The molecule has 1 heterocycles. The number of rotatable bonds is 10. The first-order valence-electron chi connectivity index (χ1n) is 15.8. The summed E-state index contributed by atoms with van der Waals surface area (Å²) in [5, 5.41) is 19.3. The maximum absolute atomic E-state index is 13.1. The molecule has 0 aromatic heterocycles. The number of aromatic hydroxyl groups is 1. The Balaban J connectivity index is 0.00000119. The van der Waals surface area contributed by atoms with Crippen LogP contribution < -0.4 is 5.73 Å². The Kier molecular flexibility index (Phi) is 11.9. The molecule has 0 radical (unpaired) electrons. The van der Waals surface area contributed by atoms with Crippen LogP contribution in [0.3, 0.4) is 0 Å². The van der Waals surface area contributed by atoms with Crippen LogP contribution in [0.25, 0.3) is 0 Å². The largest absolute Gasteiger partial charge is 0.507 e. The van der Waals surface area contributed by atoms with Gasteiger partial charge in [-0.25, -0.2) is 0 Å². The number of aliphatic hydroxyl groups is 1. The van der Waals surface area contributed by atoms with Gasteiger partial charge in [0.25, 0.3) is 0 Å². The molecule has 0 spiro atoms. The Labute approximate surface area is 261 Å². The van der Waals surface area contributed by atoms with E-state index in [-0.39, 0.29) is 45.5 Å². The fourth-order valence-corrected chi connectivity index (χ4v) is 5.13. The van der Waals surface area contributed by atoms with Gasteiger partial charge in [-0.05, 0) is 88.3 Å². The molecule has 2 aromatic rings. The highest BCUT2D eigenvalue weighted by atomic mass is 16.7. The zero-order valence-corrected chi connectivity index (χ0v) is 28.9. The molecule has 6 heteroatoms. The van der Waals surface area contributed by atoms with Crippen LogP contribution in [0.15, 0.2) is 48.5 Å². The lowest BCUT2D eigenvalue weighted by molar-refractivity contribution is -0.276. The van der Waals surface area contributed by atoms with Crippen LogP contribution in [0.4, 0.5) is 0 Å². The first-order valence-corrected chi connectivity index (χ1v) is 15.8. The number of hydrogen-bond donors (Lipinski definition) is 3. The van der Waals surface area contributed by atoms with Gasteiger partial charge in [0.15, 0.2) is 12.1 Å². The van der Waals surface area contributed by atoms with Crippen molar-refractivity contribution in [2.75, 3.05) is 0 Å². The van der Waals surface area contributed by atoms with Crippen molar-refractivity contribution in [2.24, 2.45) is 22.0 Å². The monoisotopic (exact) mass is 597 g/mol. The van der Waals surface area contributed by atoms with E-state index in [0.29, 0.717) is 16.7 Å². The van der Waals surface area contributed by atoms with Crippen molar-refractivity contribution in [3.05, 3.63) is 65.2 Å². The van der Waals surface area contributed by atoms with Crippen LogP contribution in [0.1, 0.15) is 137 Å². The summed E-state index contributed by atoms with van der Waals surface area (Å²) in [5.74, 6) is -0.0428. The number of ether oxygens (including phenoxy) is 2. The number of carbonyl (C=O) groups is 1. The lowest BCUT2D eigenvalue weighted by atomic mass is 9.59. The highest BCUT2D eigenvalue weighted by Gasteiger charge is 2.48. The fraction of sp³-hybridized carbons (Fsp3) is 0.649. The van der Waals surface area contributed by atoms with Crippen LogP contribution in [0, 0.1) is 16.2 Å². The van der Waals surface area contributed by atoms with Gasteiger partial charge in [0.05, 0.1) is 23.4 Å². The van der Waals surface area contributed by atoms with Gasteiger partial charge in [0.1, 0.15) is 5.75 Å². The molecule has 0 aliphatic carbocycles. The maximum Gasteiger partial charge on any atom is 0.193 e. The van der Waals surface area contributed by atoms with E-state index in [2.05, 4.69) is 55.4 Å². The quantitative estimate of drug-likeness (QED) is 0.237. The minimum absolute atomic E-state index is 0.0434. The average Bonchev–Trinajstić information content (AvgIpc) is 2.91. The number of carbonyl (C=O) groups excluding carboxylic acids is 1. The zero-order valence-electron chi connectivity index (χ0n) is 28.9. The van der Waals surface area contributed by atoms with Crippen molar-refractivity contribution in [3.8, 4) is 5.75 Å². The summed E-state index contributed by atoms with van der Waals surface area (Å²) < 4.78 is 12.8. The van der Waals surface area contributed by atoms with E-state index < -0.39 is 11.9 Å². The summed E-state index contributed by atoms with van der Waals surface area (Å²) in [6.07, 6.45) is 2.71. The lowest BCUT2D eigenvalue weighted by Gasteiger charge is -2.52. The van der Waals surface area contributed by atoms with Crippen LogP contribution >= 0.6 is 0 Å². The molecule has 4 N–H and O–H groups in total. The average molecular weight is 598 g/mol. The third-order valence-corrected chi connectivity index (χ3v) is 10.0. The molecule has 1 saturated heterocycles. The van der Waals surface area contributed by atoms with Crippen LogP contribution in [-0.2, 0) is 9.47 Å². The van der Waals surface area contributed by atoms with E-state index in [4.69, 9.17) is 20.3 Å². The molecule has 1 fully saturated rings. The van der Waals surface area contributed by atoms with Crippen molar-refractivity contribution < 1.29 is 24.5 Å². The molecule has 4 unspecified atom stereocenters. The summed E-state index contributed by atoms with van der Waals surface area (Å²) >= 11 is 0. The van der Waals surface area contributed by atoms with E-state index >= 15 is 0 Å². The predicted octanol–water partition coefficient (Wildman–Crippen LogP) is 8.58. The Morgan fingerprint density at radius 3 is 1.95 bits per heavy atom. The molecule has 242 valence electrons. The first kappa shape index (κ1) is 36.9. The van der Waals surface area contributed by atoms with E-state index in [1.165, 1.54) is 0 Å². The van der Waals surface area contributed by atoms with Gasteiger partial charge in [0.2, 0.25) is 0 Å². The zero-order chi connectivity index (χ0) is 33.0. The second-order valence-corrected chi connectivity index (χ2v) is 15.5. The predicted molar refractivity (Wildman–Crippen MR) is 176 cm³/mol. The minimum atomic E-state index is -0.763. The number of phenolic OH excluding ortho intramolecular Hbond substituents is 1. The standard InChI is InChI=1S/C33H49NO4.C4H10O/c1-10-30(3,4)33(9,34)19-18-31(5,6)32(7,8)27-20-22(2)37-29(38-27)25-21-24(16-17-26(25)35)28(36)23-14-12-11-13-15-23;1-4(2,3)5/h11-17,21-22,27,29,35H,10,18-20,34H2,1-9H3;5H,1-3H3. The third-order valence-electron chi connectivity index (χ3n) is 10.0. The molecule has 1 aliphatic heterocycles. The second kappa shape index (κ2) is 13.8. The normalized spacial score (nSPS) is 21.4. The summed E-state index contributed by atoms with van der Waals surface area (Å²) in [4.78, 5) is 13.1. The molecule has 2 aromatic carbocycles. The fourth-order valence-electron chi connectivity index (χ4n) is 5.13. The highest BCUT2D eigenvalue weighted by molar-refractivity contribution is 6.09. The van der Waals surface area contributed by atoms with Crippen molar-refractivity contribution in [2.45, 2.75) is 138 Å². The van der Waals surface area contributed by atoms with Crippen molar-refractivity contribution in [3.63, 3.8) is 0 Å². The number of hydrogen-bond acceptors (Lipinski definition) is 6. The number of nitrogens with two attached hydrogens (primary N) is 1. The van der Waals surface area contributed by atoms with Gasteiger partial charge < -0.3 is 25.4 Å². The maximum atomic E-state index is 13.1. The third kappa shape index (κ3) is 9.62. The Morgan fingerprint density at radius 2 is 1.42 bits per heavy atom. The Morgan fingerprint density at radius 1 is 0.860 bits per heavy atom. The number of ketones is 1. The van der Waals surface area contributed by atoms with Crippen molar-refractivity contribution in [1.82, 2.24) is 0 Å². The van der Waals surface area contributed by atoms with Crippen LogP contribution in [-0.4, -0.2) is 39.3 Å². The molecule has 3 rings (SSSR count). The van der Waals surface area contributed by atoms with Crippen LogP contribution in [0.2, 0.25) is 0 Å². The van der Waals surface area contributed by atoms with Crippen molar-refractivity contribution >= 4 is 5.78 Å². The molecule has 0 saturated carbocycles. The second-order valence-electron chi connectivity index (χ2n) is 15.5. The molecule has 0 amide bonds. The molecule has 0 bridgehead atoms. The highest BCUT2D eigenvalue weighted by Crippen LogP contribution is 2.51. The lowest BCUT2D eigenvalue weighted by Crippen LogP contribution is -2.52. The summed E-state index contributed by atoms with van der Waals surface area (Å²) in [6.45, 7) is 25.3. The Hall–Kier alpha value is -2.25. The topological polar surface area (TPSA) is 102 Å². The molecular formula is C37H59NO5. The number of phenols is 1. The molecule has 6 nitrogen and oxygen atoms in total. The molecule has 43 heavy (non-hydrogen) atoms. The van der Waals surface area contributed by atoms with Gasteiger partial charge in [-0.15, -0.1) is 0 Å². The van der Waals surface area contributed by atoms with Gasteiger partial charge in [-0.3, -0.25) is 4.79 Å². The minimum Gasteiger partial charge on any atom is -0.507 e. The Bertz CT molecular complexity index is 1190. The SMILES string of the molecule is CC(C)(C)O.CCC(C)(C)C(C)(N)CCC(C)(C)C(C)(C)C1CC(C)OC(c2cc(C(=O)c3ccccc3)ccc2O)O1. The van der Waals surface area contributed by atoms with E-state index in [0.717, 1.165) is 25.7 Å². The summed E-state index contributed by atoms with van der Waals surface area (Å²) in [5.41, 5.74) is 7.40. The van der Waals surface area contributed by atoms with Crippen molar-refractivity contribution in [1.29, 1.82) is 0 Å². The molecular weight excluding hydrogens is 538 g/mol. The number of benzene rings is 2. The first-order chi connectivity index (χ1) is 19.5.